The molecule has 0 amide bonds. The van der Waals surface area contributed by atoms with E-state index in [1.165, 1.54) is 13.0 Å². The number of rotatable bonds is 2. The van der Waals surface area contributed by atoms with E-state index >= 15 is 0 Å². The highest BCUT2D eigenvalue weighted by atomic mass is 32.2. The minimum atomic E-state index is -0.434. The molecule has 0 unspecified atom stereocenters. The molecule has 5 rings (SSSR count). The second kappa shape index (κ2) is 10.1. The Bertz CT molecular complexity index is 1200. The Balaban J connectivity index is 0.000000313. The van der Waals surface area contributed by atoms with Crippen LogP contribution in [0.3, 0.4) is 0 Å². The Hall–Kier alpha value is -2.33. The third-order valence-corrected chi connectivity index (χ3v) is 8.91. The van der Waals surface area contributed by atoms with Crippen LogP contribution in [0.2, 0.25) is 0 Å². The topological polar surface area (TPSA) is 67.8 Å². The molecular weight excluding hydrogens is 455 g/mol. The monoisotopic (exact) mass is 469 g/mol. The number of pyridine rings is 1. The molecule has 0 saturated heterocycles. The van der Waals surface area contributed by atoms with Crippen LogP contribution in [-0.4, -0.2) is 14.5 Å². The molecule has 0 aliphatic carbocycles. The average Bonchev–Trinajstić information content (AvgIpc) is 3.48. The number of benzene rings is 1. The molecule has 0 spiro atoms. The van der Waals surface area contributed by atoms with Crippen LogP contribution in [0.1, 0.15) is 5.56 Å². The Morgan fingerprint density at radius 1 is 0.833 bits per heavy atom. The van der Waals surface area contributed by atoms with Gasteiger partial charge in [0.25, 0.3) is 5.56 Å². The summed E-state index contributed by atoms with van der Waals surface area (Å²) in [5.41, 5.74) is 0.437. The first-order chi connectivity index (χ1) is 14.7. The van der Waals surface area contributed by atoms with Gasteiger partial charge in [0, 0.05) is 23.5 Å². The quantitative estimate of drug-likeness (QED) is 0.534. The van der Waals surface area contributed by atoms with Gasteiger partial charge in [0.2, 0.25) is 0 Å². The summed E-state index contributed by atoms with van der Waals surface area (Å²) in [6.45, 7) is 0. The molecule has 1 N–H and O–H groups in total. The minimum Gasteiger partial charge on any atom is -0.273 e. The standard InChI is InChI=1S/C16H10N2O2S4.C5H5N/c19-13-11(12-9-23-15(24-12)14-21-6-7-22-14)8-18(16(20)17-13)10-4-2-1-3-5-10;1-2-4-6-5-3-1/h1-9H,(H,17,19,20);1-5H. The summed E-state index contributed by atoms with van der Waals surface area (Å²) in [6, 6.07) is 15.0. The summed E-state index contributed by atoms with van der Waals surface area (Å²) in [5.74, 6) is 0. The van der Waals surface area contributed by atoms with Crippen LogP contribution >= 0.6 is 47.0 Å². The lowest BCUT2D eigenvalue weighted by molar-refractivity contribution is 0.891. The van der Waals surface area contributed by atoms with Gasteiger partial charge in [-0.15, -0.1) is 0 Å². The minimum absolute atomic E-state index is 0.359. The molecule has 3 aromatic rings. The molecule has 9 heteroatoms. The van der Waals surface area contributed by atoms with Crippen molar-refractivity contribution in [2.24, 2.45) is 0 Å². The lowest BCUT2D eigenvalue weighted by Gasteiger charge is -2.08. The zero-order chi connectivity index (χ0) is 20.8. The van der Waals surface area contributed by atoms with E-state index in [1.54, 1.807) is 65.6 Å². The van der Waals surface area contributed by atoms with Crippen molar-refractivity contribution in [1.29, 1.82) is 0 Å². The molecule has 30 heavy (non-hydrogen) atoms. The van der Waals surface area contributed by atoms with Gasteiger partial charge in [-0.05, 0) is 40.5 Å². The van der Waals surface area contributed by atoms with Crippen LogP contribution < -0.4 is 11.2 Å². The molecule has 0 fully saturated rings. The summed E-state index contributed by atoms with van der Waals surface area (Å²) in [6.07, 6.45) is 5.12. The van der Waals surface area contributed by atoms with E-state index in [0.29, 0.717) is 5.56 Å². The normalized spacial score (nSPS) is 15.0. The number of para-hydroxylation sites is 1. The number of aromatic nitrogens is 3. The summed E-state index contributed by atoms with van der Waals surface area (Å²) < 4.78 is 3.86. The fourth-order valence-electron chi connectivity index (χ4n) is 2.51. The fraction of sp³-hybridized carbons (Fsp3) is 0. The van der Waals surface area contributed by atoms with Gasteiger partial charge in [-0.3, -0.25) is 19.3 Å². The molecule has 4 heterocycles. The molecular formula is C21H15N3O2S4. The number of thioether (sulfide) groups is 4. The number of hydrogen-bond donors (Lipinski definition) is 1. The molecule has 0 bridgehead atoms. The van der Waals surface area contributed by atoms with Gasteiger partial charge in [-0.2, -0.15) is 0 Å². The van der Waals surface area contributed by atoms with Gasteiger partial charge in [0.1, 0.15) is 0 Å². The summed E-state index contributed by atoms with van der Waals surface area (Å²) in [5, 5.41) is 6.07. The second-order valence-electron chi connectivity index (χ2n) is 5.82. The number of nitrogens with zero attached hydrogens (tertiary/aromatic N) is 2. The van der Waals surface area contributed by atoms with Crippen LogP contribution in [0.5, 0.6) is 0 Å². The zero-order valence-electron chi connectivity index (χ0n) is 15.4. The SMILES string of the molecule is O=c1[nH]c(=O)n(-c2ccccc2)cc1C1=CSC(=C2SC=CS2)S1.c1ccncc1. The Morgan fingerprint density at radius 3 is 2.17 bits per heavy atom. The first-order valence-electron chi connectivity index (χ1n) is 8.76. The summed E-state index contributed by atoms with van der Waals surface area (Å²) >= 11 is 6.57. The van der Waals surface area contributed by atoms with Crippen molar-refractivity contribution in [3.63, 3.8) is 0 Å². The van der Waals surface area contributed by atoms with Crippen molar-refractivity contribution in [3.8, 4) is 5.69 Å². The number of aromatic amines is 1. The molecule has 0 saturated carbocycles. The van der Waals surface area contributed by atoms with E-state index in [4.69, 9.17) is 0 Å². The van der Waals surface area contributed by atoms with Crippen molar-refractivity contribution in [1.82, 2.24) is 14.5 Å². The van der Waals surface area contributed by atoms with Gasteiger partial charge in [0.15, 0.2) is 0 Å². The van der Waals surface area contributed by atoms with E-state index in [-0.39, 0.29) is 5.56 Å². The number of H-pyrrole nitrogens is 1. The molecule has 1 aromatic carbocycles. The molecule has 0 radical (unpaired) electrons. The number of hydrogen-bond acceptors (Lipinski definition) is 7. The molecule has 0 atom stereocenters. The van der Waals surface area contributed by atoms with Crippen LogP contribution in [0.15, 0.2) is 101 Å². The van der Waals surface area contributed by atoms with Crippen molar-refractivity contribution in [2.75, 3.05) is 0 Å². The predicted octanol–water partition coefficient (Wildman–Crippen LogP) is 5.46. The molecule has 2 aliphatic rings. The molecule has 5 nitrogen and oxygen atoms in total. The summed E-state index contributed by atoms with van der Waals surface area (Å²) in [7, 11) is 0. The Kier molecular flexibility index (Phi) is 7.06. The van der Waals surface area contributed by atoms with Gasteiger partial charge < -0.3 is 0 Å². The van der Waals surface area contributed by atoms with E-state index < -0.39 is 5.69 Å². The van der Waals surface area contributed by atoms with Gasteiger partial charge in [0.05, 0.1) is 19.7 Å². The van der Waals surface area contributed by atoms with E-state index in [9.17, 15) is 9.59 Å². The Morgan fingerprint density at radius 2 is 1.53 bits per heavy atom. The third-order valence-electron chi connectivity index (χ3n) is 3.86. The van der Waals surface area contributed by atoms with E-state index in [1.807, 2.05) is 53.9 Å². The highest BCUT2D eigenvalue weighted by Crippen LogP contribution is 2.55. The van der Waals surface area contributed by atoms with Crippen molar-refractivity contribution < 1.29 is 0 Å². The van der Waals surface area contributed by atoms with E-state index in [2.05, 4.69) is 20.8 Å². The van der Waals surface area contributed by atoms with Gasteiger partial charge in [-0.1, -0.05) is 71.3 Å². The largest absolute Gasteiger partial charge is 0.332 e. The van der Waals surface area contributed by atoms with Gasteiger partial charge >= 0.3 is 5.69 Å². The zero-order valence-corrected chi connectivity index (χ0v) is 18.7. The lowest BCUT2D eigenvalue weighted by atomic mass is 10.3. The average molecular weight is 470 g/mol. The van der Waals surface area contributed by atoms with Gasteiger partial charge in [-0.25, -0.2) is 4.79 Å². The van der Waals surface area contributed by atoms with Crippen LogP contribution in [0.4, 0.5) is 0 Å². The maximum atomic E-state index is 12.3. The highest BCUT2D eigenvalue weighted by molar-refractivity contribution is 8.35. The first-order valence-corrected chi connectivity index (χ1v) is 12.2. The molecule has 150 valence electrons. The smallest absolute Gasteiger partial charge is 0.273 e. The third kappa shape index (κ3) is 5.04. The van der Waals surface area contributed by atoms with E-state index in [0.717, 1.165) is 10.6 Å². The fourth-order valence-corrected chi connectivity index (χ4v) is 6.98. The van der Waals surface area contributed by atoms with Crippen LogP contribution in [0, 0.1) is 0 Å². The second-order valence-corrected chi connectivity index (χ2v) is 10.1. The molecule has 2 aromatic heterocycles. The predicted molar refractivity (Wildman–Crippen MR) is 131 cm³/mol. The molecule has 2 aliphatic heterocycles. The number of nitrogens with one attached hydrogen (secondary N) is 1. The lowest BCUT2D eigenvalue weighted by Crippen LogP contribution is -2.30. The highest BCUT2D eigenvalue weighted by Gasteiger charge is 2.22. The maximum Gasteiger partial charge on any atom is 0.332 e. The maximum absolute atomic E-state index is 12.3. The summed E-state index contributed by atoms with van der Waals surface area (Å²) in [4.78, 5) is 31.5. The van der Waals surface area contributed by atoms with Crippen molar-refractivity contribution in [3.05, 3.63) is 118 Å². The van der Waals surface area contributed by atoms with Crippen LogP contribution in [-0.2, 0) is 0 Å². The first kappa shape index (κ1) is 20.9. The Labute approximate surface area is 189 Å². The van der Waals surface area contributed by atoms with Crippen molar-refractivity contribution in [2.45, 2.75) is 0 Å². The van der Waals surface area contributed by atoms with Crippen LogP contribution in [0.25, 0.3) is 10.6 Å². The van der Waals surface area contributed by atoms with Crippen molar-refractivity contribution >= 4 is 52.0 Å².